The number of hydrogen-bond donors (Lipinski definition) is 1. The summed E-state index contributed by atoms with van der Waals surface area (Å²) < 4.78 is 37.9. The summed E-state index contributed by atoms with van der Waals surface area (Å²) in [5.74, 6) is 0. The van der Waals surface area contributed by atoms with Gasteiger partial charge in [-0.2, -0.15) is 4.72 Å². The standard InChI is InChI=1S/C13H15NO4S/c1-9-2-5-11(6-3-9)19(15,16)14-12-7-4-10-8-17-13(12)18-10/h2-7,10,12-14H,8H2,1H3/t10-,12+,13+/m0/s1. The van der Waals surface area contributed by atoms with Crippen LogP contribution in [0.15, 0.2) is 41.3 Å². The van der Waals surface area contributed by atoms with Crippen molar-refractivity contribution >= 4 is 10.0 Å². The van der Waals surface area contributed by atoms with Crippen LogP contribution in [0, 0.1) is 6.92 Å². The maximum atomic E-state index is 12.2. The van der Waals surface area contributed by atoms with Crippen molar-refractivity contribution in [2.24, 2.45) is 0 Å². The number of nitrogens with one attached hydrogen (secondary N) is 1. The number of rotatable bonds is 3. The zero-order valence-corrected chi connectivity index (χ0v) is 11.3. The number of hydrogen-bond acceptors (Lipinski definition) is 4. The maximum Gasteiger partial charge on any atom is 0.241 e. The van der Waals surface area contributed by atoms with Crippen LogP contribution >= 0.6 is 0 Å². The molecular formula is C13H15NO4S. The van der Waals surface area contributed by atoms with Gasteiger partial charge in [0, 0.05) is 0 Å². The van der Waals surface area contributed by atoms with E-state index in [-0.39, 0.29) is 11.0 Å². The number of aryl methyl sites for hydroxylation is 1. The molecule has 0 amide bonds. The molecule has 19 heavy (non-hydrogen) atoms. The van der Waals surface area contributed by atoms with Crippen molar-refractivity contribution in [3.05, 3.63) is 42.0 Å². The Kier molecular flexibility index (Phi) is 3.18. The first-order valence-electron chi connectivity index (χ1n) is 6.09. The maximum absolute atomic E-state index is 12.2. The van der Waals surface area contributed by atoms with Gasteiger partial charge < -0.3 is 9.47 Å². The first-order valence-corrected chi connectivity index (χ1v) is 7.57. The quantitative estimate of drug-likeness (QED) is 0.838. The predicted molar refractivity (Wildman–Crippen MR) is 69.0 cm³/mol. The molecule has 1 saturated heterocycles. The molecule has 0 spiro atoms. The predicted octanol–water partition coefficient (Wildman–Crippen LogP) is 0.953. The molecule has 0 aromatic heterocycles. The topological polar surface area (TPSA) is 64.6 Å². The molecule has 5 nitrogen and oxygen atoms in total. The van der Waals surface area contributed by atoms with Crippen LogP contribution < -0.4 is 4.72 Å². The first kappa shape index (κ1) is 12.8. The fraction of sp³-hybridized carbons (Fsp3) is 0.385. The van der Waals surface area contributed by atoms with Gasteiger partial charge in [0.2, 0.25) is 10.0 Å². The first-order chi connectivity index (χ1) is 9.04. The van der Waals surface area contributed by atoms with Crippen molar-refractivity contribution in [1.29, 1.82) is 0 Å². The molecular weight excluding hydrogens is 266 g/mol. The van der Waals surface area contributed by atoms with Crippen LogP contribution in [0.25, 0.3) is 0 Å². The Hall–Kier alpha value is -1.21. The van der Waals surface area contributed by atoms with Gasteiger partial charge in [-0.1, -0.05) is 29.8 Å². The van der Waals surface area contributed by atoms with E-state index in [4.69, 9.17) is 9.47 Å². The third-order valence-corrected chi connectivity index (χ3v) is 4.66. The van der Waals surface area contributed by atoms with E-state index in [9.17, 15) is 8.42 Å². The molecule has 1 fully saturated rings. The van der Waals surface area contributed by atoms with Crippen molar-refractivity contribution < 1.29 is 17.9 Å². The van der Waals surface area contributed by atoms with Gasteiger partial charge in [0.05, 0.1) is 17.5 Å². The van der Waals surface area contributed by atoms with Crippen LogP contribution in [0.2, 0.25) is 0 Å². The summed E-state index contributed by atoms with van der Waals surface area (Å²) >= 11 is 0. The molecule has 3 atom stereocenters. The van der Waals surface area contributed by atoms with Crippen molar-refractivity contribution in [2.75, 3.05) is 6.61 Å². The molecule has 2 heterocycles. The fourth-order valence-corrected chi connectivity index (χ4v) is 3.30. The van der Waals surface area contributed by atoms with E-state index in [0.29, 0.717) is 6.61 Å². The van der Waals surface area contributed by atoms with Gasteiger partial charge in [0.1, 0.15) is 6.10 Å². The number of ether oxygens (including phenoxy) is 2. The van der Waals surface area contributed by atoms with Gasteiger partial charge in [-0.15, -0.1) is 0 Å². The smallest absolute Gasteiger partial charge is 0.241 e. The second kappa shape index (κ2) is 4.72. The molecule has 1 N–H and O–H groups in total. The summed E-state index contributed by atoms with van der Waals surface area (Å²) in [6.07, 6.45) is 3.03. The summed E-state index contributed by atoms with van der Waals surface area (Å²) in [4.78, 5) is 0.242. The molecule has 0 saturated carbocycles. The lowest BCUT2D eigenvalue weighted by Crippen LogP contribution is -2.44. The van der Waals surface area contributed by atoms with Gasteiger partial charge in [0.15, 0.2) is 6.29 Å². The van der Waals surface area contributed by atoms with E-state index >= 15 is 0 Å². The second-order valence-electron chi connectivity index (χ2n) is 4.72. The average Bonchev–Trinajstić information content (AvgIpc) is 2.76. The molecule has 0 aliphatic carbocycles. The summed E-state index contributed by atoms with van der Waals surface area (Å²) in [6, 6.07) is 6.23. The zero-order valence-electron chi connectivity index (χ0n) is 10.4. The van der Waals surface area contributed by atoms with Crippen molar-refractivity contribution in [1.82, 2.24) is 4.72 Å². The monoisotopic (exact) mass is 281 g/mol. The highest BCUT2D eigenvalue weighted by atomic mass is 32.2. The lowest BCUT2D eigenvalue weighted by molar-refractivity contribution is -0.0660. The lowest BCUT2D eigenvalue weighted by atomic mass is 10.2. The molecule has 2 bridgehead atoms. The molecule has 1 aromatic rings. The van der Waals surface area contributed by atoms with E-state index in [2.05, 4.69) is 4.72 Å². The van der Waals surface area contributed by atoms with Gasteiger partial charge >= 0.3 is 0 Å². The van der Waals surface area contributed by atoms with Crippen molar-refractivity contribution in [3.63, 3.8) is 0 Å². The van der Waals surface area contributed by atoms with E-state index in [1.165, 1.54) is 0 Å². The Bertz CT molecular complexity index is 594. The van der Waals surface area contributed by atoms with Crippen LogP contribution in [0.3, 0.4) is 0 Å². The molecule has 6 heteroatoms. The summed E-state index contributed by atoms with van der Waals surface area (Å²) in [5.41, 5.74) is 1.02. The molecule has 1 aromatic carbocycles. The minimum Gasteiger partial charge on any atom is -0.348 e. The van der Waals surface area contributed by atoms with Crippen molar-refractivity contribution in [3.8, 4) is 0 Å². The summed E-state index contributed by atoms with van der Waals surface area (Å²) in [5, 5.41) is 0. The van der Waals surface area contributed by atoms with E-state index < -0.39 is 22.4 Å². The highest BCUT2D eigenvalue weighted by Gasteiger charge is 2.36. The van der Waals surface area contributed by atoms with E-state index in [1.807, 2.05) is 13.0 Å². The molecule has 2 aliphatic rings. The molecule has 0 radical (unpaired) electrons. The summed E-state index contributed by atoms with van der Waals surface area (Å²) in [7, 11) is -3.56. The third-order valence-electron chi connectivity index (χ3n) is 3.18. The van der Waals surface area contributed by atoms with Gasteiger partial charge in [-0.05, 0) is 19.1 Å². The second-order valence-corrected chi connectivity index (χ2v) is 6.44. The summed E-state index contributed by atoms with van der Waals surface area (Å²) in [6.45, 7) is 2.39. The minimum atomic E-state index is -3.56. The SMILES string of the molecule is Cc1ccc(S(=O)(=O)N[C@@H]2C=C[C@H]3CO[C@@H]2O3)cc1. The fourth-order valence-electron chi connectivity index (χ4n) is 2.12. The van der Waals surface area contributed by atoms with Crippen LogP contribution in [-0.2, 0) is 19.5 Å². The number of fused-ring (bicyclic) bond motifs is 2. The highest BCUT2D eigenvalue weighted by molar-refractivity contribution is 7.89. The van der Waals surface area contributed by atoms with Gasteiger partial charge in [-0.25, -0.2) is 8.42 Å². The molecule has 0 unspecified atom stereocenters. The normalized spacial score (nSPS) is 29.6. The Morgan fingerprint density at radius 3 is 2.68 bits per heavy atom. The zero-order chi connectivity index (χ0) is 13.5. The van der Waals surface area contributed by atoms with Crippen LogP contribution in [0.4, 0.5) is 0 Å². The van der Waals surface area contributed by atoms with Crippen LogP contribution in [-0.4, -0.2) is 33.5 Å². The van der Waals surface area contributed by atoms with Gasteiger partial charge in [0.25, 0.3) is 0 Å². The Morgan fingerprint density at radius 2 is 1.95 bits per heavy atom. The van der Waals surface area contributed by atoms with Gasteiger partial charge in [-0.3, -0.25) is 0 Å². The Labute approximate surface area is 112 Å². The van der Waals surface area contributed by atoms with Crippen LogP contribution in [0.1, 0.15) is 5.56 Å². The molecule has 102 valence electrons. The number of benzene rings is 1. The average molecular weight is 281 g/mol. The van der Waals surface area contributed by atoms with Crippen LogP contribution in [0.5, 0.6) is 0 Å². The van der Waals surface area contributed by atoms with E-state index in [1.54, 1.807) is 30.3 Å². The molecule has 3 rings (SSSR count). The minimum absolute atomic E-state index is 0.0508. The lowest BCUT2D eigenvalue weighted by Gasteiger charge is -2.23. The number of sulfonamides is 1. The third kappa shape index (κ3) is 2.57. The highest BCUT2D eigenvalue weighted by Crippen LogP contribution is 2.23. The van der Waals surface area contributed by atoms with Crippen molar-refractivity contribution in [2.45, 2.75) is 30.3 Å². The Balaban J connectivity index is 1.80. The largest absolute Gasteiger partial charge is 0.348 e. The molecule has 2 aliphatic heterocycles. The Morgan fingerprint density at radius 1 is 1.21 bits per heavy atom. The van der Waals surface area contributed by atoms with E-state index in [0.717, 1.165) is 5.56 Å².